The predicted octanol–water partition coefficient (Wildman–Crippen LogP) is 0.835. The molecule has 0 aromatic heterocycles. The summed E-state index contributed by atoms with van der Waals surface area (Å²) in [6.45, 7) is 0.753. The summed E-state index contributed by atoms with van der Waals surface area (Å²) in [5.74, 6) is 1.48. The molecule has 1 aliphatic heterocycles. The van der Waals surface area contributed by atoms with Gasteiger partial charge in [0.05, 0.1) is 27.4 Å². The van der Waals surface area contributed by atoms with E-state index in [4.69, 9.17) is 24.7 Å². The van der Waals surface area contributed by atoms with E-state index in [0.717, 1.165) is 12.0 Å². The zero-order valence-electron chi connectivity index (χ0n) is 13.8. The molecule has 1 saturated heterocycles. The molecule has 0 spiro atoms. The van der Waals surface area contributed by atoms with Crippen molar-refractivity contribution in [3.05, 3.63) is 17.7 Å². The summed E-state index contributed by atoms with van der Waals surface area (Å²) in [6.07, 6.45) is 1.04. The van der Waals surface area contributed by atoms with Crippen LogP contribution in [0.1, 0.15) is 18.4 Å². The molecular formula is C16H24N2O5. The third-order valence-corrected chi connectivity index (χ3v) is 3.90. The number of hydrogen-bond donors (Lipinski definition) is 2. The molecule has 1 heterocycles. The van der Waals surface area contributed by atoms with Crippen LogP contribution in [-0.2, 0) is 16.1 Å². The van der Waals surface area contributed by atoms with Crippen molar-refractivity contribution in [3.8, 4) is 17.2 Å². The second-order valence-corrected chi connectivity index (χ2v) is 5.27. The van der Waals surface area contributed by atoms with Crippen LogP contribution in [0.3, 0.4) is 0 Å². The molecule has 1 amide bonds. The lowest BCUT2D eigenvalue weighted by atomic mass is 10.1. The average molecular weight is 324 g/mol. The first kappa shape index (κ1) is 17.4. The Morgan fingerprint density at radius 2 is 1.96 bits per heavy atom. The summed E-state index contributed by atoms with van der Waals surface area (Å²) >= 11 is 0. The van der Waals surface area contributed by atoms with Crippen molar-refractivity contribution in [1.29, 1.82) is 0 Å². The van der Waals surface area contributed by atoms with Gasteiger partial charge in [-0.15, -0.1) is 0 Å². The van der Waals surface area contributed by atoms with E-state index in [-0.39, 0.29) is 12.0 Å². The third-order valence-electron chi connectivity index (χ3n) is 3.90. The van der Waals surface area contributed by atoms with E-state index in [1.54, 1.807) is 27.4 Å². The smallest absolute Gasteiger partial charge is 0.249 e. The average Bonchev–Trinajstić information content (AvgIpc) is 3.07. The number of rotatable bonds is 7. The van der Waals surface area contributed by atoms with Crippen LogP contribution in [0.2, 0.25) is 0 Å². The van der Waals surface area contributed by atoms with Gasteiger partial charge in [-0.3, -0.25) is 4.79 Å². The van der Waals surface area contributed by atoms with Crippen LogP contribution < -0.4 is 25.3 Å². The van der Waals surface area contributed by atoms with Crippen molar-refractivity contribution in [3.63, 3.8) is 0 Å². The summed E-state index contributed by atoms with van der Waals surface area (Å²) in [4.78, 5) is 12.2. The second-order valence-electron chi connectivity index (χ2n) is 5.27. The van der Waals surface area contributed by atoms with Gasteiger partial charge in [-0.05, 0) is 25.0 Å². The van der Waals surface area contributed by atoms with Gasteiger partial charge in [-0.2, -0.15) is 0 Å². The van der Waals surface area contributed by atoms with Gasteiger partial charge in [0.15, 0.2) is 11.5 Å². The number of carbonyl (C=O) groups excluding carboxylic acids is 1. The molecule has 1 aromatic carbocycles. The molecule has 3 N–H and O–H groups in total. The van der Waals surface area contributed by atoms with Crippen LogP contribution in [0.5, 0.6) is 17.2 Å². The normalized spacial score (nSPS) is 20.2. The highest BCUT2D eigenvalue weighted by molar-refractivity contribution is 5.81. The first-order valence-electron chi connectivity index (χ1n) is 7.55. The number of hydrogen-bond acceptors (Lipinski definition) is 6. The summed E-state index contributed by atoms with van der Waals surface area (Å²) < 4.78 is 21.6. The van der Waals surface area contributed by atoms with Gasteiger partial charge >= 0.3 is 0 Å². The summed E-state index contributed by atoms with van der Waals surface area (Å²) in [5.41, 5.74) is 6.36. The number of nitrogens with two attached hydrogens (primary N) is 1. The Kier molecular flexibility index (Phi) is 6.06. The largest absolute Gasteiger partial charge is 0.493 e. The topological polar surface area (TPSA) is 92.0 Å². The lowest BCUT2D eigenvalue weighted by Crippen LogP contribution is -2.35. The molecule has 1 aliphatic rings. The summed E-state index contributed by atoms with van der Waals surface area (Å²) in [7, 11) is 4.65. The molecule has 7 nitrogen and oxygen atoms in total. The van der Waals surface area contributed by atoms with Crippen molar-refractivity contribution in [2.45, 2.75) is 31.6 Å². The van der Waals surface area contributed by atoms with Crippen molar-refractivity contribution in [1.82, 2.24) is 5.32 Å². The van der Waals surface area contributed by atoms with E-state index < -0.39 is 6.10 Å². The zero-order chi connectivity index (χ0) is 16.8. The maximum absolute atomic E-state index is 12.2. The Morgan fingerprint density at radius 3 is 2.52 bits per heavy atom. The van der Waals surface area contributed by atoms with E-state index in [9.17, 15) is 4.79 Å². The fourth-order valence-electron chi connectivity index (χ4n) is 2.67. The molecule has 2 atom stereocenters. The lowest BCUT2D eigenvalue weighted by Gasteiger charge is -2.17. The number of amides is 1. The Balaban J connectivity index is 2.04. The molecule has 2 rings (SSSR count). The summed E-state index contributed by atoms with van der Waals surface area (Å²) in [6, 6.07) is 3.61. The Bertz CT molecular complexity index is 550. The van der Waals surface area contributed by atoms with Gasteiger partial charge in [-0.25, -0.2) is 0 Å². The zero-order valence-corrected chi connectivity index (χ0v) is 13.8. The second kappa shape index (κ2) is 8.03. The number of methoxy groups -OCH3 is 3. The highest BCUT2D eigenvalue weighted by Crippen LogP contribution is 2.39. The molecule has 1 fully saturated rings. The van der Waals surface area contributed by atoms with Crippen LogP contribution >= 0.6 is 0 Å². The van der Waals surface area contributed by atoms with Gasteiger partial charge in [0, 0.05) is 18.7 Å². The van der Waals surface area contributed by atoms with Gasteiger partial charge in [-0.1, -0.05) is 0 Å². The van der Waals surface area contributed by atoms with Crippen LogP contribution in [0.4, 0.5) is 0 Å². The predicted molar refractivity (Wildman–Crippen MR) is 84.9 cm³/mol. The Labute approximate surface area is 136 Å². The molecule has 1 aromatic rings. The lowest BCUT2D eigenvalue weighted by molar-refractivity contribution is -0.132. The number of benzene rings is 1. The van der Waals surface area contributed by atoms with Gasteiger partial charge in [0.1, 0.15) is 6.10 Å². The van der Waals surface area contributed by atoms with Crippen LogP contribution in [0.15, 0.2) is 12.1 Å². The summed E-state index contributed by atoms with van der Waals surface area (Å²) in [5, 5.41) is 2.87. The molecule has 0 radical (unpaired) electrons. The highest BCUT2D eigenvalue weighted by atomic mass is 16.5. The molecule has 0 saturated carbocycles. The molecule has 0 unspecified atom stereocenters. The monoisotopic (exact) mass is 324 g/mol. The first-order chi connectivity index (χ1) is 11.1. The third kappa shape index (κ3) is 3.86. The first-order valence-corrected chi connectivity index (χ1v) is 7.55. The van der Waals surface area contributed by atoms with Gasteiger partial charge < -0.3 is 30.0 Å². The standard InChI is InChI=1S/C16H24N2O5/c1-20-12-6-4-10(14(21-2)15(12)22-3)9-18-16(19)13-7-5-11(8-17)23-13/h4,6,11,13H,5,7-9,17H2,1-3H3,(H,18,19)/t11-,13+/m1/s1. The van der Waals surface area contributed by atoms with Crippen LogP contribution in [0, 0.1) is 0 Å². The molecule has 128 valence electrons. The number of ether oxygens (including phenoxy) is 4. The van der Waals surface area contributed by atoms with Gasteiger partial charge in [0.25, 0.3) is 0 Å². The van der Waals surface area contributed by atoms with Gasteiger partial charge in [0.2, 0.25) is 11.7 Å². The fourth-order valence-corrected chi connectivity index (χ4v) is 2.67. The molecule has 7 heteroatoms. The van der Waals surface area contributed by atoms with E-state index in [1.807, 2.05) is 6.07 Å². The highest BCUT2D eigenvalue weighted by Gasteiger charge is 2.29. The van der Waals surface area contributed by atoms with Crippen molar-refractivity contribution in [2.75, 3.05) is 27.9 Å². The maximum Gasteiger partial charge on any atom is 0.249 e. The SMILES string of the molecule is COc1ccc(CNC(=O)[C@@H]2CC[C@H](CN)O2)c(OC)c1OC. The van der Waals surface area contributed by atoms with E-state index in [2.05, 4.69) is 5.32 Å². The van der Waals surface area contributed by atoms with Crippen molar-refractivity contribution >= 4 is 5.91 Å². The number of nitrogens with one attached hydrogen (secondary N) is 1. The van der Waals surface area contributed by atoms with Crippen molar-refractivity contribution < 1.29 is 23.7 Å². The van der Waals surface area contributed by atoms with Crippen molar-refractivity contribution in [2.24, 2.45) is 5.73 Å². The van der Waals surface area contributed by atoms with E-state index >= 15 is 0 Å². The molecule has 0 bridgehead atoms. The molecular weight excluding hydrogens is 300 g/mol. The van der Waals surface area contributed by atoms with Crippen LogP contribution in [-0.4, -0.2) is 46.0 Å². The van der Waals surface area contributed by atoms with Crippen LogP contribution in [0.25, 0.3) is 0 Å². The minimum absolute atomic E-state index is 0.0265. The minimum atomic E-state index is -0.435. The fraction of sp³-hybridized carbons (Fsp3) is 0.562. The Morgan fingerprint density at radius 1 is 1.22 bits per heavy atom. The maximum atomic E-state index is 12.2. The number of carbonyl (C=O) groups is 1. The quantitative estimate of drug-likeness (QED) is 0.772. The Hall–Kier alpha value is -1.99. The molecule has 0 aliphatic carbocycles. The van der Waals surface area contributed by atoms with E-state index in [1.165, 1.54) is 0 Å². The van der Waals surface area contributed by atoms with E-state index in [0.29, 0.717) is 36.8 Å². The molecule has 23 heavy (non-hydrogen) atoms. The minimum Gasteiger partial charge on any atom is -0.493 e.